The summed E-state index contributed by atoms with van der Waals surface area (Å²) in [6.45, 7) is 5.25. The van der Waals surface area contributed by atoms with Crippen molar-refractivity contribution in [2.75, 3.05) is 19.6 Å². The third kappa shape index (κ3) is 9.22. The molecular formula is C28H37N3O2. The largest absolute Gasteiger partial charge is 0.352 e. The van der Waals surface area contributed by atoms with Crippen LogP contribution in [0.2, 0.25) is 0 Å². The standard InChI is InChI=1S/C28H37N3O2/c1-23(22-25-14-7-3-8-15-25)29-28(33)26(16-11-21-31-19-9-4-10-20-31)30-27(32)18-17-24-12-5-2-6-13-24/h2-3,5-8,12-15,17-18,23,26H,4,9-11,16,19-22H2,1H3,(H,29,33)(H,30,32)/b18-17+/t23-,26+/m1/s1. The van der Waals surface area contributed by atoms with Crippen LogP contribution in [-0.2, 0) is 16.0 Å². The minimum absolute atomic E-state index is 0.0127. The SMILES string of the molecule is C[C@H](Cc1ccccc1)NC(=O)[C@H](CCCN1CCCCC1)NC(=O)/C=C/c1ccccc1. The van der Waals surface area contributed by atoms with Crippen molar-refractivity contribution in [3.63, 3.8) is 0 Å². The van der Waals surface area contributed by atoms with Crippen LogP contribution in [0.1, 0.15) is 50.2 Å². The Morgan fingerprint density at radius 2 is 1.61 bits per heavy atom. The fourth-order valence-electron chi connectivity index (χ4n) is 4.29. The third-order valence-corrected chi connectivity index (χ3v) is 6.05. The van der Waals surface area contributed by atoms with E-state index in [1.165, 1.54) is 30.9 Å². The summed E-state index contributed by atoms with van der Waals surface area (Å²) >= 11 is 0. The number of likely N-dealkylation sites (tertiary alicyclic amines) is 1. The molecule has 1 heterocycles. The van der Waals surface area contributed by atoms with E-state index in [0.29, 0.717) is 6.42 Å². The smallest absolute Gasteiger partial charge is 0.244 e. The number of rotatable bonds is 11. The van der Waals surface area contributed by atoms with Crippen molar-refractivity contribution in [3.05, 3.63) is 77.9 Å². The van der Waals surface area contributed by atoms with Crippen molar-refractivity contribution in [2.45, 2.75) is 57.5 Å². The summed E-state index contributed by atoms with van der Waals surface area (Å²) in [6.07, 6.45) is 9.37. The highest BCUT2D eigenvalue weighted by atomic mass is 16.2. The van der Waals surface area contributed by atoms with Crippen LogP contribution in [0.5, 0.6) is 0 Å². The maximum absolute atomic E-state index is 13.1. The Kier molecular flexibility index (Phi) is 10.2. The number of carbonyl (C=O) groups excluding carboxylic acids is 2. The lowest BCUT2D eigenvalue weighted by Gasteiger charge is -2.27. The van der Waals surface area contributed by atoms with Gasteiger partial charge in [0.2, 0.25) is 11.8 Å². The van der Waals surface area contributed by atoms with Crippen molar-refractivity contribution in [3.8, 4) is 0 Å². The summed E-state index contributed by atoms with van der Waals surface area (Å²) in [7, 11) is 0. The molecule has 0 aromatic heterocycles. The number of carbonyl (C=O) groups is 2. The molecule has 1 saturated heterocycles. The summed E-state index contributed by atoms with van der Waals surface area (Å²) in [4.78, 5) is 28.1. The van der Waals surface area contributed by atoms with Gasteiger partial charge < -0.3 is 15.5 Å². The second-order valence-corrected chi connectivity index (χ2v) is 8.95. The summed E-state index contributed by atoms with van der Waals surface area (Å²) in [6, 6.07) is 19.3. The lowest BCUT2D eigenvalue weighted by atomic mass is 10.1. The molecule has 5 heteroatoms. The highest BCUT2D eigenvalue weighted by Crippen LogP contribution is 2.11. The first-order valence-corrected chi connectivity index (χ1v) is 12.2. The highest BCUT2D eigenvalue weighted by molar-refractivity contribution is 5.95. The van der Waals surface area contributed by atoms with Gasteiger partial charge in [0, 0.05) is 12.1 Å². The Hall–Kier alpha value is -2.92. The number of nitrogens with one attached hydrogen (secondary N) is 2. The summed E-state index contributed by atoms with van der Waals surface area (Å²) in [5.41, 5.74) is 2.14. The van der Waals surface area contributed by atoms with Gasteiger partial charge in [-0.25, -0.2) is 0 Å². The summed E-state index contributed by atoms with van der Waals surface area (Å²) in [5.74, 6) is -0.355. The number of piperidine rings is 1. The van der Waals surface area contributed by atoms with Crippen LogP contribution in [0.25, 0.3) is 6.08 Å². The molecule has 176 valence electrons. The van der Waals surface area contributed by atoms with E-state index in [9.17, 15) is 9.59 Å². The van der Waals surface area contributed by atoms with Gasteiger partial charge in [0.15, 0.2) is 0 Å². The molecule has 3 rings (SSSR count). The zero-order chi connectivity index (χ0) is 23.3. The molecule has 5 nitrogen and oxygen atoms in total. The zero-order valence-electron chi connectivity index (χ0n) is 19.7. The fraction of sp³-hybridized carbons (Fsp3) is 0.429. The monoisotopic (exact) mass is 447 g/mol. The molecular weight excluding hydrogens is 410 g/mol. The molecule has 2 aromatic rings. The van der Waals surface area contributed by atoms with E-state index >= 15 is 0 Å². The molecule has 1 aliphatic rings. The Morgan fingerprint density at radius 1 is 0.939 bits per heavy atom. The Morgan fingerprint density at radius 3 is 2.30 bits per heavy atom. The molecule has 2 N–H and O–H groups in total. The van der Waals surface area contributed by atoms with Crippen molar-refractivity contribution in [1.82, 2.24) is 15.5 Å². The molecule has 0 bridgehead atoms. The lowest BCUT2D eigenvalue weighted by Crippen LogP contribution is -2.49. The first kappa shape index (κ1) is 24.7. The summed E-state index contributed by atoms with van der Waals surface area (Å²) < 4.78 is 0. The maximum atomic E-state index is 13.1. The van der Waals surface area contributed by atoms with Crippen LogP contribution >= 0.6 is 0 Å². The predicted molar refractivity (Wildman–Crippen MR) is 135 cm³/mol. The number of benzene rings is 2. The molecule has 0 unspecified atom stereocenters. The predicted octanol–water partition coefficient (Wildman–Crippen LogP) is 4.20. The van der Waals surface area contributed by atoms with Crippen LogP contribution in [0.3, 0.4) is 0 Å². The van der Waals surface area contributed by atoms with Gasteiger partial charge >= 0.3 is 0 Å². The number of hydrogen-bond acceptors (Lipinski definition) is 3. The normalized spacial score (nSPS) is 16.3. The second kappa shape index (κ2) is 13.6. The number of amides is 2. The van der Waals surface area contributed by atoms with E-state index in [0.717, 1.165) is 38.0 Å². The minimum atomic E-state index is -0.541. The van der Waals surface area contributed by atoms with Crippen LogP contribution in [-0.4, -0.2) is 48.4 Å². The van der Waals surface area contributed by atoms with E-state index in [4.69, 9.17) is 0 Å². The molecule has 33 heavy (non-hydrogen) atoms. The maximum Gasteiger partial charge on any atom is 0.244 e. The van der Waals surface area contributed by atoms with Crippen LogP contribution in [0.4, 0.5) is 0 Å². The van der Waals surface area contributed by atoms with E-state index in [-0.39, 0.29) is 17.9 Å². The van der Waals surface area contributed by atoms with Gasteiger partial charge in [-0.3, -0.25) is 9.59 Å². The number of nitrogens with zero attached hydrogens (tertiary/aromatic N) is 1. The van der Waals surface area contributed by atoms with Crippen molar-refractivity contribution >= 4 is 17.9 Å². The summed E-state index contributed by atoms with van der Waals surface area (Å²) in [5, 5.41) is 6.04. The van der Waals surface area contributed by atoms with E-state index in [1.54, 1.807) is 6.08 Å². The molecule has 2 amide bonds. The molecule has 2 aromatic carbocycles. The molecule has 0 spiro atoms. The fourth-order valence-corrected chi connectivity index (χ4v) is 4.29. The second-order valence-electron chi connectivity index (χ2n) is 8.95. The van der Waals surface area contributed by atoms with E-state index in [2.05, 4.69) is 27.7 Å². The van der Waals surface area contributed by atoms with E-state index < -0.39 is 6.04 Å². The average molecular weight is 448 g/mol. The number of hydrogen-bond donors (Lipinski definition) is 2. The minimum Gasteiger partial charge on any atom is -0.352 e. The molecule has 0 saturated carbocycles. The van der Waals surface area contributed by atoms with Crippen LogP contribution in [0, 0.1) is 0 Å². The molecule has 1 fully saturated rings. The lowest BCUT2D eigenvalue weighted by molar-refractivity contribution is -0.127. The van der Waals surface area contributed by atoms with Gasteiger partial charge in [0.25, 0.3) is 0 Å². The van der Waals surface area contributed by atoms with Crippen molar-refractivity contribution < 1.29 is 9.59 Å². The van der Waals surface area contributed by atoms with Crippen molar-refractivity contribution in [1.29, 1.82) is 0 Å². The first-order chi connectivity index (χ1) is 16.1. The van der Waals surface area contributed by atoms with Gasteiger partial charge in [0.05, 0.1) is 0 Å². The topological polar surface area (TPSA) is 61.4 Å². The Labute approximate surface area is 198 Å². The van der Waals surface area contributed by atoms with Gasteiger partial charge in [-0.1, -0.05) is 67.1 Å². The molecule has 0 radical (unpaired) electrons. The van der Waals surface area contributed by atoms with Gasteiger partial charge in [-0.05, 0) is 75.9 Å². The van der Waals surface area contributed by atoms with Gasteiger partial charge in [-0.2, -0.15) is 0 Å². The zero-order valence-corrected chi connectivity index (χ0v) is 19.7. The van der Waals surface area contributed by atoms with Crippen molar-refractivity contribution in [2.24, 2.45) is 0 Å². The highest BCUT2D eigenvalue weighted by Gasteiger charge is 2.22. The van der Waals surface area contributed by atoms with E-state index in [1.807, 2.05) is 55.5 Å². The Bertz CT molecular complexity index is 877. The molecule has 2 atom stereocenters. The Balaban J connectivity index is 1.56. The first-order valence-electron chi connectivity index (χ1n) is 12.2. The van der Waals surface area contributed by atoms with Crippen LogP contribution < -0.4 is 10.6 Å². The third-order valence-electron chi connectivity index (χ3n) is 6.05. The van der Waals surface area contributed by atoms with Gasteiger partial charge in [0.1, 0.15) is 6.04 Å². The molecule has 1 aliphatic heterocycles. The molecule has 0 aliphatic carbocycles. The van der Waals surface area contributed by atoms with Crippen LogP contribution in [0.15, 0.2) is 66.7 Å². The quantitative estimate of drug-likeness (QED) is 0.508. The van der Waals surface area contributed by atoms with Gasteiger partial charge in [-0.15, -0.1) is 0 Å². The average Bonchev–Trinajstić information content (AvgIpc) is 2.84.